The summed E-state index contributed by atoms with van der Waals surface area (Å²) in [6, 6.07) is 0. The molecule has 0 saturated heterocycles. The third-order valence-corrected chi connectivity index (χ3v) is 13.9. The Hall–Kier alpha value is 1.98. The van der Waals surface area contributed by atoms with Gasteiger partial charge in [0.15, 0.2) is 0 Å². The van der Waals surface area contributed by atoms with Gasteiger partial charge in [0.2, 0.25) is 0 Å². The minimum absolute atomic E-state index is 0.794. The van der Waals surface area contributed by atoms with E-state index in [4.69, 9.17) is 4.74 Å². The molecule has 0 aliphatic carbocycles. The largest absolute Gasteiger partial charge is 0.360 e. The summed E-state index contributed by atoms with van der Waals surface area (Å²) in [7, 11) is 0. The maximum Gasteiger partial charge on any atom is 0.0984 e. The van der Waals surface area contributed by atoms with Crippen LogP contribution in [0.15, 0.2) is 25.4 Å². The van der Waals surface area contributed by atoms with Crippen molar-refractivity contribution in [1.82, 2.24) is 0 Å². The Morgan fingerprint density at radius 2 is 0.947 bits per heavy atom. The van der Waals surface area contributed by atoms with E-state index < -0.39 is 0 Å². The highest BCUT2D eigenvalue weighted by Gasteiger charge is 2.32. The highest BCUT2D eigenvalue weighted by Crippen LogP contribution is 2.67. The summed E-state index contributed by atoms with van der Waals surface area (Å²) in [5, 5.41) is 0. The number of ether oxygens (including phenoxy) is 1. The van der Waals surface area contributed by atoms with E-state index in [0.29, 0.717) is 0 Å². The van der Waals surface area contributed by atoms with Crippen LogP contribution >= 0.6 is 94.1 Å². The first-order valence-electron chi connectivity index (χ1n) is 5.43. The molecule has 4 aliphatic rings. The van der Waals surface area contributed by atoms with Gasteiger partial charge in [0.25, 0.3) is 0 Å². The SMILES string of the molecule is C1CSC2=C(S1)SC(=C1SC3=C(SCOCS3)S1)S2. The predicted octanol–water partition coefficient (Wildman–Crippen LogP) is 6.22. The van der Waals surface area contributed by atoms with Crippen molar-refractivity contribution in [3.8, 4) is 0 Å². The zero-order valence-corrected chi connectivity index (χ0v) is 16.0. The molecule has 4 aliphatic heterocycles. The first kappa shape index (κ1) is 14.6. The maximum absolute atomic E-state index is 5.48. The fourth-order valence-corrected chi connectivity index (χ4v) is 13.2. The number of hydrogen-bond acceptors (Lipinski definition) is 9. The monoisotopic (exact) mass is 400 g/mol. The molecule has 0 aromatic heterocycles. The van der Waals surface area contributed by atoms with Crippen molar-refractivity contribution in [3.63, 3.8) is 0 Å². The third-order valence-electron chi connectivity index (χ3n) is 2.34. The Bertz CT molecular complexity index is 468. The normalized spacial score (nSPS) is 27.8. The van der Waals surface area contributed by atoms with Crippen LogP contribution in [0.5, 0.6) is 0 Å². The number of hydrogen-bond donors (Lipinski definition) is 0. The first-order valence-corrected chi connectivity index (χ1v) is 12.6. The molecule has 0 atom stereocenters. The molecule has 0 saturated carbocycles. The van der Waals surface area contributed by atoms with E-state index in [0.717, 1.165) is 11.9 Å². The van der Waals surface area contributed by atoms with E-state index in [2.05, 4.69) is 0 Å². The van der Waals surface area contributed by atoms with Gasteiger partial charge in [-0.3, -0.25) is 0 Å². The first-order chi connectivity index (χ1) is 9.40. The zero-order chi connectivity index (χ0) is 12.7. The second-order valence-corrected chi connectivity index (χ2v) is 13.3. The summed E-state index contributed by atoms with van der Waals surface area (Å²) in [4.78, 5) is 0. The van der Waals surface area contributed by atoms with Gasteiger partial charge >= 0.3 is 0 Å². The standard InChI is InChI=1S/C10H8OS8/c1-2-13-6-5(12-1)16-9(17-6)10-18-7-8(19-10)15-4-11-3-14-7/h1-4H2. The lowest BCUT2D eigenvalue weighted by Crippen LogP contribution is -1.88. The van der Waals surface area contributed by atoms with Crippen molar-refractivity contribution in [2.24, 2.45) is 0 Å². The van der Waals surface area contributed by atoms with Gasteiger partial charge in [0.05, 0.1) is 37.3 Å². The molecule has 0 aromatic rings. The average Bonchev–Trinajstić information content (AvgIpc) is 2.97. The van der Waals surface area contributed by atoms with Crippen LogP contribution in [0.2, 0.25) is 0 Å². The topological polar surface area (TPSA) is 9.23 Å². The summed E-state index contributed by atoms with van der Waals surface area (Å²) < 4.78 is 14.4. The Morgan fingerprint density at radius 3 is 1.42 bits per heavy atom. The van der Waals surface area contributed by atoms with Gasteiger partial charge in [-0.05, 0) is 0 Å². The van der Waals surface area contributed by atoms with Gasteiger partial charge in [-0.15, -0.1) is 23.5 Å². The predicted molar refractivity (Wildman–Crippen MR) is 102 cm³/mol. The molecule has 0 aromatic carbocycles. The van der Waals surface area contributed by atoms with Crippen molar-refractivity contribution in [1.29, 1.82) is 0 Å². The third kappa shape index (κ3) is 3.19. The number of rotatable bonds is 0. The van der Waals surface area contributed by atoms with Crippen LogP contribution in [0.3, 0.4) is 0 Å². The quantitative estimate of drug-likeness (QED) is 0.464. The summed E-state index contributed by atoms with van der Waals surface area (Å²) in [5.74, 6) is 4.11. The van der Waals surface area contributed by atoms with Gasteiger partial charge in [-0.25, -0.2) is 0 Å². The van der Waals surface area contributed by atoms with Gasteiger partial charge in [0, 0.05) is 11.5 Å². The van der Waals surface area contributed by atoms with Crippen LogP contribution in [0, 0.1) is 0 Å². The van der Waals surface area contributed by atoms with Crippen LogP contribution in [0.25, 0.3) is 0 Å². The molecule has 19 heavy (non-hydrogen) atoms. The molecule has 9 heteroatoms. The maximum atomic E-state index is 5.48. The average molecular weight is 401 g/mol. The Labute approximate surface area is 146 Å². The van der Waals surface area contributed by atoms with Crippen molar-refractivity contribution >= 4 is 94.1 Å². The van der Waals surface area contributed by atoms with Crippen molar-refractivity contribution in [3.05, 3.63) is 25.4 Å². The summed E-state index contributed by atoms with van der Waals surface area (Å²) >= 11 is 15.6. The highest BCUT2D eigenvalue weighted by molar-refractivity contribution is 8.45. The molecule has 0 fully saturated rings. The summed E-state index contributed by atoms with van der Waals surface area (Å²) in [5.41, 5.74) is 0. The van der Waals surface area contributed by atoms with E-state index in [1.807, 2.05) is 94.1 Å². The van der Waals surface area contributed by atoms with Crippen molar-refractivity contribution in [2.75, 3.05) is 23.4 Å². The van der Waals surface area contributed by atoms with Gasteiger partial charge in [-0.1, -0.05) is 70.6 Å². The van der Waals surface area contributed by atoms with Crippen LogP contribution in [-0.4, -0.2) is 23.4 Å². The van der Waals surface area contributed by atoms with E-state index >= 15 is 0 Å². The van der Waals surface area contributed by atoms with Crippen molar-refractivity contribution in [2.45, 2.75) is 0 Å². The molecule has 1 nitrogen and oxygen atoms in total. The molecule has 102 valence electrons. The lowest BCUT2D eigenvalue weighted by atomic mass is 11.0. The molecule has 0 unspecified atom stereocenters. The molecule has 0 bridgehead atoms. The minimum atomic E-state index is 0.794. The van der Waals surface area contributed by atoms with Gasteiger partial charge in [-0.2, -0.15) is 0 Å². The molecule has 4 heterocycles. The van der Waals surface area contributed by atoms with E-state index in [-0.39, 0.29) is 0 Å². The Kier molecular flexibility index (Phi) is 5.07. The minimum Gasteiger partial charge on any atom is -0.360 e. The molecular weight excluding hydrogens is 393 g/mol. The lowest BCUT2D eigenvalue weighted by molar-refractivity contribution is 0.242. The summed E-state index contributed by atoms with van der Waals surface area (Å²) in [6.45, 7) is 0. The second-order valence-electron chi connectivity index (χ2n) is 3.56. The van der Waals surface area contributed by atoms with E-state index in [9.17, 15) is 0 Å². The Morgan fingerprint density at radius 1 is 0.526 bits per heavy atom. The van der Waals surface area contributed by atoms with Crippen LogP contribution in [0.1, 0.15) is 0 Å². The van der Waals surface area contributed by atoms with Crippen molar-refractivity contribution < 1.29 is 4.74 Å². The molecule has 0 radical (unpaired) electrons. The van der Waals surface area contributed by atoms with Crippen LogP contribution in [-0.2, 0) is 4.74 Å². The molecule has 0 spiro atoms. The molecule has 4 rings (SSSR count). The van der Waals surface area contributed by atoms with Crippen LogP contribution in [0.4, 0.5) is 0 Å². The molecule has 0 amide bonds. The van der Waals surface area contributed by atoms with Crippen LogP contribution < -0.4 is 0 Å². The lowest BCUT2D eigenvalue weighted by Gasteiger charge is -2.08. The second kappa shape index (κ2) is 6.62. The van der Waals surface area contributed by atoms with E-state index in [1.54, 1.807) is 0 Å². The van der Waals surface area contributed by atoms with Gasteiger partial charge in [0.1, 0.15) is 0 Å². The summed E-state index contributed by atoms with van der Waals surface area (Å²) in [6.07, 6.45) is 0. The highest BCUT2D eigenvalue weighted by atomic mass is 32.3. The smallest absolute Gasteiger partial charge is 0.0984 e. The zero-order valence-electron chi connectivity index (χ0n) is 9.50. The number of thioether (sulfide) groups is 8. The molecule has 0 N–H and O–H groups in total. The molecular formula is C10H8OS8. The fourth-order valence-electron chi connectivity index (χ4n) is 1.56. The Balaban J connectivity index is 1.52. The van der Waals surface area contributed by atoms with E-state index in [1.165, 1.54) is 36.9 Å². The van der Waals surface area contributed by atoms with Gasteiger partial charge < -0.3 is 4.74 Å². The fraction of sp³-hybridized carbons (Fsp3) is 0.400.